The standard InChI is InChI=1S/C20H26N2OS/c1-20(2,15-21-19(23)8-7-16-10-12-24-14-16)22-11-9-17-5-3-4-6-18(17)13-22/h3-6,10,12,14H,7-9,11,13,15H2,1-2H3,(H,21,23). The Morgan fingerprint density at radius 1 is 1.25 bits per heavy atom. The van der Waals surface area contributed by atoms with E-state index in [2.05, 4.69) is 65.2 Å². The van der Waals surface area contributed by atoms with E-state index in [1.165, 1.54) is 16.7 Å². The summed E-state index contributed by atoms with van der Waals surface area (Å²) >= 11 is 1.68. The molecule has 1 amide bonds. The zero-order valence-electron chi connectivity index (χ0n) is 14.5. The molecule has 0 radical (unpaired) electrons. The summed E-state index contributed by atoms with van der Waals surface area (Å²) in [5, 5.41) is 7.30. The molecule has 1 aromatic heterocycles. The highest BCUT2D eigenvalue weighted by atomic mass is 32.1. The highest BCUT2D eigenvalue weighted by Crippen LogP contribution is 2.24. The van der Waals surface area contributed by atoms with Crippen molar-refractivity contribution in [1.82, 2.24) is 10.2 Å². The third kappa shape index (κ3) is 4.25. The van der Waals surface area contributed by atoms with Crippen molar-refractivity contribution in [2.75, 3.05) is 13.1 Å². The van der Waals surface area contributed by atoms with Crippen LogP contribution >= 0.6 is 11.3 Å². The largest absolute Gasteiger partial charge is 0.354 e. The molecule has 1 N–H and O–H groups in total. The number of carbonyl (C=O) groups is 1. The molecule has 0 unspecified atom stereocenters. The van der Waals surface area contributed by atoms with Gasteiger partial charge in [-0.1, -0.05) is 24.3 Å². The van der Waals surface area contributed by atoms with Crippen molar-refractivity contribution in [3.63, 3.8) is 0 Å². The van der Waals surface area contributed by atoms with Crippen molar-refractivity contribution in [3.8, 4) is 0 Å². The summed E-state index contributed by atoms with van der Waals surface area (Å²) in [6.45, 7) is 7.15. The molecule has 1 aromatic carbocycles. The Hall–Kier alpha value is -1.65. The third-order valence-corrected chi connectivity index (χ3v) is 5.66. The topological polar surface area (TPSA) is 32.3 Å². The van der Waals surface area contributed by atoms with Gasteiger partial charge in [-0.2, -0.15) is 11.3 Å². The Morgan fingerprint density at radius 2 is 2.04 bits per heavy atom. The molecule has 2 heterocycles. The van der Waals surface area contributed by atoms with Gasteiger partial charge in [0.1, 0.15) is 0 Å². The minimum Gasteiger partial charge on any atom is -0.354 e. The Balaban J connectivity index is 1.50. The number of hydrogen-bond acceptors (Lipinski definition) is 3. The maximum Gasteiger partial charge on any atom is 0.220 e. The Labute approximate surface area is 148 Å². The van der Waals surface area contributed by atoms with Crippen LogP contribution in [-0.4, -0.2) is 29.4 Å². The molecule has 1 aliphatic heterocycles. The molecule has 4 heteroatoms. The van der Waals surface area contributed by atoms with E-state index in [-0.39, 0.29) is 11.4 Å². The van der Waals surface area contributed by atoms with Gasteiger partial charge in [0.05, 0.1) is 0 Å². The summed E-state index contributed by atoms with van der Waals surface area (Å²) in [6.07, 6.45) is 2.48. The fraction of sp³-hybridized carbons (Fsp3) is 0.450. The first-order valence-electron chi connectivity index (χ1n) is 8.64. The summed E-state index contributed by atoms with van der Waals surface area (Å²) in [5.74, 6) is 0.145. The molecular weight excluding hydrogens is 316 g/mol. The Bertz CT molecular complexity index is 679. The van der Waals surface area contributed by atoms with E-state index in [1.54, 1.807) is 11.3 Å². The van der Waals surface area contributed by atoms with Gasteiger partial charge in [-0.3, -0.25) is 9.69 Å². The molecule has 0 spiro atoms. The van der Waals surface area contributed by atoms with Crippen LogP contribution < -0.4 is 5.32 Å². The Kier molecular flexibility index (Phi) is 5.36. The number of hydrogen-bond donors (Lipinski definition) is 1. The summed E-state index contributed by atoms with van der Waals surface area (Å²) in [6, 6.07) is 10.8. The van der Waals surface area contributed by atoms with Gasteiger partial charge in [0.15, 0.2) is 0 Å². The molecule has 0 bridgehead atoms. The van der Waals surface area contributed by atoms with Gasteiger partial charge in [0.2, 0.25) is 5.91 Å². The molecule has 2 aromatic rings. The predicted octanol–water partition coefficient (Wildman–Crippen LogP) is 3.63. The van der Waals surface area contributed by atoms with E-state index in [9.17, 15) is 4.79 Å². The predicted molar refractivity (Wildman–Crippen MR) is 100 cm³/mol. The second-order valence-electron chi connectivity index (χ2n) is 7.16. The summed E-state index contributed by atoms with van der Waals surface area (Å²) in [5.41, 5.74) is 4.10. The number of aryl methyl sites for hydroxylation is 1. The molecular formula is C20H26N2OS. The van der Waals surface area contributed by atoms with Crippen LogP contribution in [0.5, 0.6) is 0 Å². The van der Waals surface area contributed by atoms with Crippen molar-refractivity contribution in [2.45, 2.75) is 45.2 Å². The van der Waals surface area contributed by atoms with Crippen LogP contribution in [-0.2, 0) is 24.2 Å². The maximum absolute atomic E-state index is 12.1. The van der Waals surface area contributed by atoms with E-state index in [4.69, 9.17) is 0 Å². The maximum atomic E-state index is 12.1. The molecule has 0 atom stereocenters. The van der Waals surface area contributed by atoms with Gasteiger partial charge >= 0.3 is 0 Å². The molecule has 3 nitrogen and oxygen atoms in total. The van der Waals surface area contributed by atoms with E-state index >= 15 is 0 Å². The van der Waals surface area contributed by atoms with E-state index < -0.39 is 0 Å². The van der Waals surface area contributed by atoms with E-state index in [1.807, 2.05) is 0 Å². The summed E-state index contributed by atoms with van der Waals surface area (Å²) < 4.78 is 0. The van der Waals surface area contributed by atoms with E-state index in [0.29, 0.717) is 13.0 Å². The molecule has 1 aliphatic rings. The molecule has 0 saturated heterocycles. The first-order valence-corrected chi connectivity index (χ1v) is 9.58. The van der Waals surface area contributed by atoms with Crippen LogP contribution in [0.15, 0.2) is 41.1 Å². The molecule has 0 fully saturated rings. The van der Waals surface area contributed by atoms with Crippen LogP contribution in [0.1, 0.15) is 37.0 Å². The zero-order chi connectivity index (χ0) is 17.0. The van der Waals surface area contributed by atoms with Crippen LogP contribution in [0.25, 0.3) is 0 Å². The van der Waals surface area contributed by atoms with Gasteiger partial charge in [0.25, 0.3) is 0 Å². The second kappa shape index (κ2) is 7.49. The third-order valence-electron chi connectivity index (χ3n) is 4.93. The minimum atomic E-state index is -0.0361. The molecule has 128 valence electrons. The SMILES string of the molecule is CC(C)(CNC(=O)CCc1ccsc1)N1CCc2ccccc2C1. The monoisotopic (exact) mass is 342 g/mol. The van der Waals surface area contributed by atoms with E-state index in [0.717, 1.165) is 25.9 Å². The highest BCUT2D eigenvalue weighted by molar-refractivity contribution is 7.07. The van der Waals surface area contributed by atoms with Crippen LogP contribution in [0.2, 0.25) is 0 Å². The first kappa shape index (κ1) is 17.2. The average molecular weight is 343 g/mol. The summed E-state index contributed by atoms with van der Waals surface area (Å²) in [7, 11) is 0. The van der Waals surface area contributed by atoms with Crippen molar-refractivity contribution < 1.29 is 4.79 Å². The number of benzene rings is 1. The smallest absolute Gasteiger partial charge is 0.220 e. The van der Waals surface area contributed by atoms with Crippen molar-refractivity contribution in [3.05, 3.63) is 57.8 Å². The lowest BCUT2D eigenvalue weighted by Gasteiger charge is -2.41. The first-order chi connectivity index (χ1) is 11.5. The fourth-order valence-electron chi connectivity index (χ4n) is 3.22. The lowest BCUT2D eigenvalue weighted by Crippen LogP contribution is -2.53. The Morgan fingerprint density at radius 3 is 2.79 bits per heavy atom. The summed E-state index contributed by atoms with van der Waals surface area (Å²) in [4.78, 5) is 14.6. The molecule has 0 aliphatic carbocycles. The number of amides is 1. The normalized spacial score (nSPS) is 15.1. The lowest BCUT2D eigenvalue weighted by molar-refractivity contribution is -0.121. The highest BCUT2D eigenvalue weighted by Gasteiger charge is 2.29. The van der Waals surface area contributed by atoms with Gasteiger partial charge < -0.3 is 5.32 Å². The van der Waals surface area contributed by atoms with Gasteiger partial charge in [-0.25, -0.2) is 0 Å². The number of thiophene rings is 1. The second-order valence-corrected chi connectivity index (χ2v) is 7.94. The van der Waals surface area contributed by atoms with Gasteiger partial charge in [0, 0.05) is 31.6 Å². The lowest BCUT2D eigenvalue weighted by atomic mass is 9.94. The van der Waals surface area contributed by atoms with Crippen molar-refractivity contribution in [1.29, 1.82) is 0 Å². The molecule has 0 saturated carbocycles. The number of rotatable bonds is 6. The number of nitrogens with one attached hydrogen (secondary N) is 1. The quantitative estimate of drug-likeness (QED) is 0.869. The number of fused-ring (bicyclic) bond motifs is 1. The fourth-order valence-corrected chi connectivity index (χ4v) is 3.92. The average Bonchev–Trinajstić information content (AvgIpc) is 3.11. The minimum absolute atomic E-state index is 0.0361. The number of carbonyl (C=O) groups excluding carboxylic acids is 1. The van der Waals surface area contributed by atoms with Crippen LogP contribution in [0, 0.1) is 0 Å². The van der Waals surface area contributed by atoms with Crippen LogP contribution in [0.3, 0.4) is 0 Å². The zero-order valence-corrected chi connectivity index (χ0v) is 15.4. The van der Waals surface area contributed by atoms with Gasteiger partial charge in [-0.15, -0.1) is 0 Å². The number of nitrogens with zero attached hydrogens (tertiary/aromatic N) is 1. The van der Waals surface area contributed by atoms with Crippen molar-refractivity contribution >= 4 is 17.2 Å². The van der Waals surface area contributed by atoms with Crippen molar-refractivity contribution in [2.24, 2.45) is 0 Å². The van der Waals surface area contributed by atoms with Gasteiger partial charge in [-0.05, 0) is 60.2 Å². The molecule has 3 rings (SSSR count). The van der Waals surface area contributed by atoms with Crippen LogP contribution in [0.4, 0.5) is 0 Å². The molecule has 24 heavy (non-hydrogen) atoms.